The van der Waals surface area contributed by atoms with Gasteiger partial charge in [-0.05, 0) is 52.9 Å². The zero-order chi connectivity index (χ0) is 13.7. The van der Waals surface area contributed by atoms with Crippen LogP contribution in [0.1, 0.15) is 15.9 Å². The molecule has 2 aromatic carbocycles. The molecule has 0 aliphatic carbocycles. The van der Waals surface area contributed by atoms with Gasteiger partial charge in [-0.3, -0.25) is 4.79 Å². The fourth-order valence-electron chi connectivity index (χ4n) is 1.41. The molecular weight excluding hydrogens is 375 g/mol. The second kappa shape index (κ2) is 6.68. The Bertz CT molecular complexity index is 611. The Morgan fingerprint density at radius 3 is 2.53 bits per heavy atom. The number of hydrogen-bond donors (Lipinski definition) is 1. The topological polar surface area (TPSA) is 41.5 Å². The zero-order valence-corrected chi connectivity index (χ0v) is 12.7. The summed E-state index contributed by atoms with van der Waals surface area (Å²) in [6.07, 6.45) is 1.52. The highest BCUT2D eigenvalue weighted by atomic mass is 127. The highest BCUT2D eigenvalue weighted by molar-refractivity contribution is 14.1. The SMILES string of the molecule is O=C(N/N=C\c1ccccc1Cl)c1ccc(I)cc1. The van der Waals surface area contributed by atoms with Crippen molar-refractivity contribution in [1.82, 2.24) is 5.43 Å². The lowest BCUT2D eigenvalue weighted by molar-refractivity contribution is 0.0955. The summed E-state index contributed by atoms with van der Waals surface area (Å²) in [6, 6.07) is 14.5. The quantitative estimate of drug-likeness (QED) is 0.489. The molecular formula is C14H10ClIN2O. The summed E-state index contributed by atoms with van der Waals surface area (Å²) in [4.78, 5) is 11.8. The normalized spacial score (nSPS) is 10.6. The number of amides is 1. The highest BCUT2D eigenvalue weighted by Gasteiger charge is 2.03. The van der Waals surface area contributed by atoms with Gasteiger partial charge < -0.3 is 0 Å². The average Bonchev–Trinajstić information content (AvgIpc) is 2.41. The van der Waals surface area contributed by atoms with Gasteiger partial charge in [-0.2, -0.15) is 5.10 Å². The summed E-state index contributed by atoms with van der Waals surface area (Å²) >= 11 is 8.15. The van der Waals surface area contributed by atoms with E-state index in [0.717, 1.165) is 9.13 Å². The monoisotopic (exact) mass is 384 g/mol. The molecule has 0 saturated carbocycles. The standard InChI is InChI=1S/C14H10ClIN2O/c15-13-4-2-1-3-11(13)9-17-18-14(19)10-5-7-12(16)8-6-10/h1-9H,(H,18,19)/b17-9-. The second-order valence-electron chi connectivity index (χ2n) is 3.73. The van der Waals surface area contributed by atoms with E-state index >= 15 is 0 Å². The molecule has 96 valence electrons. The van der Waals surface area contributed by atoms with Gasteiger partial charge in [0.1, 0.15) is 0 Å². The first kappa shape index (κ1) is 14.0. The molecule has 0 heterocycles. The van der Waals surface area contributed by atoms with Gasteiger partial charge in [0, 0.05) is 19.7 Å². The molecule has 1 amide bonds. The van der Waals surface area contributed by atoms with Gasteiger partial charge in [0.05, 0.1) is 6.21 Å². The number of nitrogens with one attached hydrogen (secondary N) is 1. The Labute approximate surface area is 129 Å². The third-order valence-corrected chi connectivity index (χ3v) is 3.44. The molecule has 0 aromatic heterocycles. The predicted octanol–water partition coefficient (Wildman–Crippen LogP) is 3.71. The lowest BCUT2D eigenvalue weighted by Gasteiger charge is -2.00. The van der Waals surface area contributed by atoms with Crippen molar-refractivity contribution < 1.29 is 4.79 Å². The third-order valence-electron chi connectivity index (χ3n) is 2.38. The van der Waals surface area contributed by atoms with Gasteiger partial charge in [0.2, 0.25) is 0 Å². The molecule has 1 N–H and O–H groups in total. The van der Waals surface area contributed by atoms with Crippen LogP contribution in [0.4, 0.5) is 0 Å². The molecule has 0 saturated heterocycles. The first-order valence-corrected chi connectivity index (χ1v) is 6.96. The van der Waals surface area contributed by atoms with Gasteiger partial charge in [-0.25, -0.2) is 5.43 Å². The van der Waals surface area contributed by atoms with Crippen LogP contribution in [0.5, 0.6) is 0 Å². The number of halogens is 2. The summed E-state index contributed by atoms with van der Waals surface area (Å²) in [5.41, 5.74) is 3.79. The summed E-state index contributed by atoms with van der Waals surface area (Å²) < 4.78 is 1.08. The van der Waals surface area contributed by atoms with Crippen molar-refractivity contribution in [2.24, 2.45) is 5.10 Å². The summed E-state index contributed by atoms with van der Waals surface area (Å²) in [5, 5.41) is 4.48. The summed E-state index contributed by atoms with van der Waals surface area (Å²) in [6.45, 7) is 0. The largest absolute Gasteiger partial charge is 0.271 e. The smallest absolute Gasteiger partial charge is 0.267 e. The minimum Gasteiger partial charge on any atom is -0.267 e. The van der Waals surface area contributed by atoms with Gasteiger partial charge in [0.15, 0.2) is 0 Å². The maximum Gasteiger partial charge on any atom is 0.271 e. The highest BCUT2D eigenvalue weighted by Crippen LogP contribution is 2.12. The van der Waals surface area contributed by atoms with Crippen molar-refractivity contribution in [2.75, 3.05) is 0 Å². The lowest BCUT2D eigenvalue weighted by atomic mass is 10.2. The average molecular weight is 385 g/mol. The van der Waals surface area contributed by atoms with E-state index in [1.807, 2.05) is 30.3 Å². The molecule has 0 radical (unpaired) electrons. The van der Waals surface area contributed by atoms with Crippen LogP contribution in [0.25, 0.3) is 0 Å². The number of carbonyl (C=O) groups is 1. The van der Waals surface area contributed by atoms with E-state index in [0.29, 0.717) is 10.6 Å². The Balaban J connectivity index is 2.01. The van der Waals surface area contributed by atoms with E-state index in [4.69, 9.17) is 11.6 Å². The van der Waals surface area contributed by atoms with Gasteiger partial charge in [-0.15, -0.1) is 0 Å². The first-order valence-electron chi connectivity index (χ1n) is 5.50. The minimum absolute atomic E-state index is 0.250. The van der Waals surface area contributed by atoms with Crippen LogP contribution in [0.2, 0.25) is 5.02 Å². The van der Waals surface area contributed by atoms with Crippen molar-refractivity contribution in [3.05, 3.63) is 68.3 Å². The summed E-state index contributed by atoms with van der Waals surface area (Å²) in [7, 11) is 0. The van der Waals surface area contributed by atoms with E-state index in [9.17, 15) is 4.79 Å². The molecule has 5 heteroatoms. The molecule has 0 spiro atoms. The van der Waals surface area contributed by atoms with Crippen molar-refractivity contribution >= 4 is 46.3 Å². The second-order valence-corrected chi connectivity index (χ2v) is 5.38. The fraction of sp³-hybridized carbons (Fsp3) is 0. The van der Waals surface area contributed by atoms with Crippen LogP contribution < -0.4 is 5.43 Å². The van der Waals surface area contributed by atoms with E-state index in [1.165, 1.54) is 6.21 Å². The van der Waals surface area contributed by atoms with Crippen molar-refractivity contribution in [1.29, 1.82) is 0 Å². The molecule has 0 aliphatic heterocycles. The molecule has 0 atom stereocenters. The van der Waals surface area contributed by atoms with E-state index < -0.39 is 0 Å². The lowest BCUT2D eigenvalue weighted by Crippen LogP contribution is -2.17. The molecule has 2 rings (SSSR count). The Kier molecular flexibility index (Phi) is 4.93. The molecule has 3 nitrogen and oxygen atoms in total. The van der Waals surface area contributed by atoms with Crippen LogP contribution >= 0.6 is 34.2 Å². The molecule has 19 heavy (non-hydrogen) atoms. The zero-order valence-electron chi connectivity index (χ0n) is 9.81. The maximum atomic E-state index is 11.8. The summed E-state index contributed by atoms with van der Waals surface area (Å²) in [5.74, 6) is -0.250. The fourth-order valence-corrected chi connectivity index (χ4v) is 1.95. The van der Waals surface area contributed by atoms with Crippen molar-refractivity contribution in [3.8, 4) is 0 Å². The maximum absolute atomic E-state index is 11.8. The molecule has 0 bridgehead atoms. The predicted molar refractivity (Wildman–Crippen MR) is 85.7 cm³/mol. The number of carbonyl (C=O) groups excluding carboxylic acids is 1. The number of hydrazone groups is 1. The van der Waals surface area contributed by atoms with Gasteiger partial charge in [-0.1, -0.05) is 29.8 Å². The minimum atomic E-state index is -0.250. The molecule has 0 unspecified atom stereocenters. The number of nitrogens with zero attached hydrogens (tertiary/aromatic N) is 1. The Morgan fingerprint density at radius 2 is 1.84 bits per heavy atom. The number of hydrogen-bond acceptors (Lipinski definition) is 2. The van der Waals surface area contributed by atoms with Crippen LogP contribution in [-0.2, 0) is 0 Å². The Hall–Kier alpha value is -1.40. The van der Waals surface area contributed by atoms with Crippen LogP contribution in [0.15, 0.2) is 53.6 Å². The molecule has 0 aliphatic rings. The number of benzene rings is 2. The van der Waals surface area contributed by atoms with Crippen LogP contribution in [0, 0.1) is 3.57 Å². The van der Waals surface area contributed by atoms with Crippen LogP contribution in [-0.4, -0.2) is 12.1 Å². The van der Waals surface area contributed by atoms with Gasteiger partial charge in [0.25, 0.3) is 5.91 Å². The van der Waals surface area contributed by atoms with Crippen molar-refractivity contribution in [2.45, 2.75) is 0 Å². The first-order chi connectivity index (χ1) is 9.16. The van der Waals surface area contributed by atoms with Crippen molar-refractivity contribution in [3.63, 3.8) is 0 Å². The van der Waals surface area contributed by atoms with Gasteiger partial charge >= 0.3 is 0 Å². The molecule has 0 fully saturated rings. The van der Waals surface area contributed by atoms with Crippen LogP contribution in [0.3, 0.4) is 0 Å². The van der Waals surface area contributed by atoms with E-state index in [2.05, 4.69) is 33.1 Å². The number of rotatable bonds is 3. The van der Waals surface area contributed by atoms with E-state index in [-0.39, 0.29) is 5.91 Å². The van der Waals surface area contributed by atoms with E-state index in [1.54, 1.807) is 18.2 Å². The third kappa shape index (κ3) is 4.04. The molecule has 2 aromatic rings. The Morgan fingerprint density at radius 1 is 1.16 bits per heavy atom.